The van der Waals surface area contributed by atoms with Crippen molar-refractivity contribution in [2.75, 3.05) is 7.11 Å². The fraction of sp³-hybridized carbons (Fsp3) is 0.333. The van der Waals surface area contributed by atoms with E-state index < -0.39 is 17.7 Å². The quantitative estimate of drug-likeness (QED) is 0.634. The van der Waals surface area contributed by atoms with Gasteiger partial charge in [-0.3, -0.25) is 0 Å². The van der Waals surface area contributed by atoms with Gasteiger partial charge in [0.2, 0.25) is 0 Å². The molecule has 0 N–H and O–H groups in total. The van der Waals surface area contributed by atoms with Gasteiger partial charge in [0.05, 0.1) is 7.11 Å². The Balaban J connectivity index is 2.36. The van der Waals surface area contributed by atoms with Crippen LogP contribution in [0.1, 0.15) is 18.9 Å². The van der Waals surface area contributed by atoms with Gasteiger partial charge in [-0.25, -0.2) is 9.59 Å². The molecule has 0 amide bonds. The summed E-state index contributed by atoms with van der Waals surface area (Å²) in [5.41, 5.74) is 0.863. The first-order valence-electron chi connectivity index (χ1n) is 6.34. The number of methoxy groups -OCH3 is 1. The molecule has 1 aromatic carbocycles. The first-order valence-corrected chi connectivity index (χ1v) is 6.34. The van der Waals surface area contributed by atoms with E-state index in [0.29, 0.717) is 17.8 Å². The minimum atomic E-state index is -0.672. The number of hydrogen-bond donors (Lipinski definition) is 0. The Bertz CT molecular complexity index is 686. The van der Waals surface area contributed by atoms with Crippen molar-refractivity contribution < 1.29 is 18.7 Å². The maximum absolute atomic E-state index is 11.5. The summed E-state index contributed by atoms with van der Waals surface area (Å²) in [6.45, 7) is 3.66. The van der Waals surface area contributed by atoms with Crippen molar-refractivity contribution in [3.8, 4) is 5.75 Å². The highest BCUT2D eigenvalue weighted by Gasteiger charge is 2.19. The van der Waals surface area contributed by atoms with Gasteiger partial charge in [0.25, 0.3) is 0 Å². The van der Waals surface area contributed by atoms with Crippen molar-refractivity contribution in [1.82, 2.24) is 0 Å². The Kier molecular flexibility index (Phi) is 4.08. The molecule has 0 spiro atoms. The minimum Gasteiger partial charge on any atom is -0.479 e. The lowest BCUT2D eigenvalue weighted by molar-refractivity contribution is -0.148. The molecule has 0 saturated heterocycles. The highest BCUT2D eigenvalue weighted by atomic mass is 16.6. The molecule has 0 aliphatic rings. The van der Waals surface area contributed by atoms with Gasteiger partial charge in [-0.15, -0.1) is 0 Å². The van der Waals surface area contributed by atoms with Gasteiger partial charge in [0, 0.05) is 17.5 Å². The molecule has 0 aliphatic carbocycles. The average molecular weight is 276 g/mol. The van der Waals surface area contributed by atoms with Crippen molar-refractivity contribution in [1.29, 1.82) is 0 Å². The number of carbonyl (C=O) groups is 1. The molecule has 5 heteroatoms. The Morgan fingerprint density at radius 3 is 2.75 bits per heavy atom. The van der Waals surface area contributed by atoms with E-state index in [1.54, 1.807) is 18.2 Å². The highest BCUT2D eigenvalue weighted by Crippen LogP contribution is 2.23. The number of rotatable bonds is 4. The molecule has 106 valence electrons. The Hall–Kier alpha value is -2.30. The second kappa shape index (κ2) is 5.77. The molecular weight excluding hydrogens is 260 g/mol. The van der Waals surface area contributed by atoms with Crippen LogP contribution in [0.25, 0.3) is 11.0 Å². The molecule has 0 saturated carbocycles. The van der Waals surface area contributed by atoms with Crippen LogP contribution in [-0.2, 0) is 9.53 Å². The molecule has 0 fully saturated rings. The van der Waals surface area contributed by atoms with Crippen molar-refractivity contribution in [2.45, 2.75) is 26.4 Å². The van der Waals surface area contributed by atoms with Crippen molar-refractivity contribution in [3.05, 3.63) is 40.2 Å². The van der Waals surface area contributed by atoms with Crippen LogP contribution in [0.3, 0.4) is 0 Å². The summed E-state index contributed by atoms with van der Waals surface area (Å²) >= 11 is 0. The monoisotopic (exact) mass is 276 g/mol. The highest BCUT2D eigenvalue weighted by molar-refractivity contribution is 5.81. The fourth-order valence-electron chi connectivity index (χ4n) is 1.97. The minimum absolute atomic E-state index is 0.410. The van der Waals surface area contributed by atoms with Crippen LogP contribution in [0.15, 0.2) is 33.5 Å². The smallest absolute Gasteiger partial charge is 0.347 e. The van der Waals surface area contributed by atoms with E-state index in [9.17, 15) is 9.59 Å². The van der Waals surface area contributed by atoms with E-state index in [1.807, 2.05) is 13.8 Å². The third kappa shape index (κ3) is 2.82. The lowest BCUT2D eigenvalue weighted by Crippen LogP contribution is -2.27. The summed E-state index contributed by atoms with van der Waals surface area (Å²) in [6.07, 6.45) is -0.184. The van der Waals surface area contributed by atoms with Crippen LogP contribution in [0, 0.1) is 6.92 Å². The van der Waals surface area contributed by atoms with E-state index in [4.69, 9.17) is 9.15 Å². The van der Waals surface area contributed by atoms with Crippen LogP contribution in [-0.4, -0.2) is 19.2 Å². The van der Waals surface area contributed by atoms with Gasteiger partial charge in [-0.05, 0) is 31.0 Å². The molecule has 2 aromatic rings. The van der Waals surface area contributed by atoms with Crippen LogP contribution in [0.5, 0.6) is 5.75 Å². The van der Waals surface area contributed by atoms with E-state index in [0.717, 1.165) is 10.9 Å². The first-order chi connectivity index (χ1) is 9.55. The Labute approximate surface area is 116 Å². The number of benzene rings is 1. The van der Waals surface area contributed by atoms with Crippen LogP contribution in [0.2, 0.25) is 0 Å². The molecule has 5 nitrogen and oxygen atoms in total. The third-order valence-electron chi connectivity index (χ3n) is 3.04. The van der Waals surface area contributed by atoms with Gasteiger partial charge in [0.15, 0.2) is 6.10 Å². The number of aryl methyl sites for hydroxylation is 1. The largest absolute Gasteiger partial charge is 0.479 e. The zero-order valence-corrected chi connectivity index (χ0v) is 11.6. The Morgan fingerprint density at radius 2 is 2.10 bits per heavy atom. The Morgan fingerprint density at radius 1 is 1.35 bits per heavy atom. The standard InChI is InChI=1S/C15H16O5/c1-4-12(15(17)18-3)19-10-5-6-11-9(2)7-14(16)20-13(11)8-10/h5-8,12H,4H2,1-3H3. The topological polar surface area (TPSA) is 65.7 Å². The predicted molar refractivity (Wildman–Crippen MR) is 73.9 cm³/mol. The van der Waals surface area contributed by atoms with Crippen LogP contribution >= 0.6 is 0 Å². The maximum Gasteiger partial charge on any atom is 0.347 e. The summed E-state index contributed by atoms with van der Waals surface area (Å²) in [5.74, 6) is 0.0294. The maximum atomic E-state index is 11.5. The molecule has 0 bridgehead atoms. The summed E-state index contributed by atoms with van der Waals surface area (Å²) in [7, 11) is 1.32. The van der Waals surface area contributed by atoms with Crippen molar-refractivity contribution in [2.24, 2.45) is 0 Å². The summed E-state index contributed by atoms with van der Waals surface area (Å²) in [4.78, 5) is 22.9. The van der Waals surface area contributed by atoms with Crippen LogP contribution < -0.4 is 10.4 Å². The van der Waals surface area contributed by atoms with E-state index in [1.165, 1.54) is 13.2 Å². The van der Waals surface area contributed by atoms with Gasteiger partial charge < -0.3 is 13.9 Å². The molecule has 1 aromatic heterocycles. The van der Waals surface area contributed by atoms with Crippen molar-refractivity contribution in [3.63, 3.8) is 0 Å². The van der Waals surface area contributed by atoms with E-state index in [-0.39, 0.29) is 0 Å². The first kappa shape index (κ1) is 14.1. The molecule has 1 atom stereocenters. The third-order valence-corrected chi connectivity index (χ3v) is 3.04. The fourth-order valence-corrected chi connectivity index (χ4v) is 1.97. The SMILES string of the molecule is CCC(Oc1ccc2c(C)cc(=O)oc2c1)C(=O)OC. The zero-order valence-electron chi connectivity index (χ0n) is 11.6. The van der Waals surface area contributed by atoms with Gasteiger partial charge >= 0.3 is 11.6 Å². The molecule has 0 radical (unpaired) electrons. The molecular formula is C15H16O5. The summed E-state index contributed by atoms with van der Waals surface area (Å²) in [5, 5.41) is 0.836. The molecule has 0 aliphatic heterocycles. The normalized spacial score (nSPS) is 12.2. The van der Waals surface area contributed by atoms with E-state index >= 15 is 0 Å². The number of fused-ring (bicyclic) bond motifs is 1. The molecule has 1 heterocycles. The lowest BCUT2D eigenvalue weighted by atomic mass is 10.1. The summed E-state index contributed by atoms with van der Waals surface area (Å²) < 4.78 is 15.4. The second-order valence-electron chi connectivity index (χ2n) is 4.44. The van der Waals surface area contributed by atoms with Crippen molar-refractivity contribution >= 4 is 16.9 Å². The second-order valence-corrected chi connectivity index (χ2v) is 4.44. The molecule has 2 rings (SSSR count). The number of esters is 1. The molecule has 20 heavy (non-hydrogen) atoms. The van der Waals surface area contributed by atoms with Crippen LogP contribution in [0.4, 0.5) is 0 Å². The number of carbonyl (C=O) groups excluding carboxylic acids is 1. The van der Waals surface area contributed by atoms with E-state index in [2.05, 4.69) is 4.74 Å². The summed E-state index contributed by atoms with van der Waals surface area (Å²) in [6, 6.07) is 6.58. The van der Waals surface area contributed by atoms with Gasteiger partial charge in [-0.1, -0.05) is 6.92 Å². The zero-order chi connectivity index (χ0) is 14.7. The number of hydrogen-bond acceptors (Lipinski definition) is 5. The lowest BCUT2D eigenvalue weighted by Gasteiger charge is -2.15. The number of ether oxygens (including phenoxy) is 2. The van der Waals surface area contributed by atoms with Gasteiger partial charge in [-0.2, -0.15) is 0 Å². The average Bonchev–Trinajstić information content (AvgIpc) is 2.43. The molecule has 1 unspecified atom stereocenters. The van der Waals surface area contributed by atoms with Gasteiger partial charge in [0.1, 0.15) is 11.3 Å². The predicted octanol–water partition coefficient (Wildman–Crippen LogP) is 2.43.